The molecule has 12 nitrogen and oxygen atoms in total. The molecule has 0 radical (unpaired) electrons. The average molecular weight is 546 g/mol. The first-order chi connectivity index (χ1) is 18.7. The van der Waals surface area contributed by atoms with Gasteiger partial charge in [0.2, 0.25) is 11.6 Å². The van der Waals surface area contributed by atoms with Gasteiger partial charge in [0.05, 0.1) is 29.6 Å². The Morgan fingerprint density at radius 3 is 2.54 bits per heavy atom. The standard InChI is InChI=1S/C24H21F3N6O6/c25-24(26,27)20-16(13-38-30-20)17-12-29-21-22(28-4-5-33(17)21)39-14-1-2-15(18(35)11-14)23(37)32-8-6-31(7-9-32)19(36)3-10-34/h1-2,4-5,11-13,34-35H,3,6-10H2. The molecular weight excluding hydrogens is 525 g/mol. The summed E-state index contributed by atoms with van der Waals surface area (Å²) in [5.41, 5.74) is -1.35. The summed E-state index contributed by atoms with van der Waals surface area (Å²) < 4.78 is 51.5. The Bertz CT molecular complexity index is 1530. The second-order valence-electron chi connectivity index (χ2n) is 8.57. The van der Waals surface area contributed by atoms with Gasteiger partial charge in [-0.3, -0.25) is 14.0 Å². The van der Waals surface area contributed by atoms with E-state index in [-0.39, 0.29) is 71.9 Å². The van der Waals surface area contributed by atoms with Gasteiger partial charge < -0.3 is 29.3 Å². The highest BCUT2D eigenvalue weighted by molar-refractivity contribution is 5.97. The zero-order valence-corrected chi connectivity index (χ0v) is 20.1. The van der Waals surface area contributed by atoms with E-state index in [0.717, 1.165) is 6.26 Å². The Labute approximate surface area is 217 Å². The van der Waals surface area contributed by atoms with Crippen LogP contribution in [-0.4, -0.2) is 84.1 Å². The number of aromatic hydroxyl groups is 1. The number of amides is 2. The molecule has 1 aliphatic heterocycles. The number of fused-ring (bicyclic) bond motifs is 1. The maximum Gasteiger partial charge on any atom is 0.437 e. The van der Waals surface area contributed by atoms with Crippen molar-refractivity contribution < 1.29 is 42.2 Å². The van der Waals surface area contributed by atoms with Crippen LogP contribution in [0, 0.1) is 0 Å². The van der Waals surface area contributed by atoms with Gasteiger partial charge >= 0.3 is 6.18 Å². The summed E-state index contributed by atoms with van der Waals surface area (Å²) in [5, 5.41) is 22.5. The predicted octanol–water partition coefficient (Wildman–Crippen LogP) is 2.57. The summed E-state index contributed by atoms with van der Waals surface area (Å²) in [7, 11) is 0. The molecule has 1 aromatic carbocycles. The number of aliphatic hydroxyl groups excluding tert-OH is 1. The van der Waals surface area contributed by atoms with E-state index in [4.69, 9.17) is 9.84 Å². The summed E-state index contributed by atoms with van der Waals surface area (Å²) in [4.78, 5) is 36.2. The topological polar surface area (TPSA) is 147 Å². The second kappa shape index (κ2) is 10.2. The minimum atomic E-state index is -4.74. The minimum absolute atomic E-state index is 0.0218. The molecule has 15 heteroatoms. The monoisotopic (exact) mass is 546 g/mol. The number of carbonyl (C=O) groups is 2. The smallest absolute Gasteiger partial charge is 0.437 e. The largest absolute Gasteiger partial charge is 0.507 e. The van der Waals surface area contributed by atoms with Crippen LogP contribution in [-0.2, 0) is 11.0 Å². The zero-order valence-electron chi connectivity index (χ0n) is 20.1. The van der Waals surface area contributed by atoms with Crippen LogP contribution in [0.4, 0.5) is 13.2 Å². The summed E-state index contributed by atoms with van der Waals surface area (Å²) in [5.74, 6) is -0.929. The minimum Gasteiger partial charge on any atom is -0.507 e. The molecule has 0 unspecified atom stereocenters. The lowest BCUT2D eigenvalue weighted by Gasteiger charge is -2.34. The van der Waals surface area contributed by atoms with Crippen LogP contribution < -0.4 is 4.74 Å². The van der Waals surface area contributed by atoms with E-state index in [1.54, 1.807) is 4.90 Å². The molecular formula is C24H21F3N6O6. The summed E-state index contributed by atoms with van der Waals surface area (Å²) in [6, 6.07) is 4.02. The molecule has 4 heterocycles. The van der Waals surface area contributed by atoms with Crippen LogP contribution in [0.2, 0.25) is 0 Å². The van der Waals surface area contributed by atoms with Crippen molar-refractivity contribution in [3.05, 3.63) is 54.3 Å². The van der Waals surface area contributed by atoms with E-state index in [9.17, 15) is 27.9 Å². The number of phenolic OH excluding ortho intramolecular Hbond substituents is 1. The molecule has 1 aliphatic rings. The molecule has 0 saturated carbocycles. The van der Waals surface area contributed by atoms with E-state index >= 15 is 0 Å². The van der Waals surface area contributed by atoms with Gasteiger partial charge in [-0.15, -0.1) is 0 Å². The van der Waals surface area contributed by atoms with Gasteiger partial charge in [0.25, 0.3) is 11.8 Å². The lowest BCUT2D eigenvalue weighted by Crippen LogP contribution is -2.50. The highest BCUT2D eigenvalue weighted by Crippen LogP contribution is 2.37. The van der Waals surface area contributed by atoms with Gasteiger partial charge in [-0.1, -0.05) is 5.16 Å². The van der Waals surface area contributed by atoms with Gasteiger partial charge in [0, 0.05) is 51.1 Å². The van der Waals surface area contributed by atoms with E-state index in [1.807, 2.05) is 0 Å². The van der Waals surface area contributed by atoms with E-state index in [0.29, 0.717) is 13.1 Å². The van der Waals surface area contributed by atoms with E-state index in [2.05, 4.69) is 19.6 Å². The second-order valence-corrected chi connectivity index (χ2v) is 8.57. The third kappa shape index (κ3) is 5.07. The number of imidazole rings is 1. The Balaban J connectivity index is 1.33. The molecule has 39 heavy (non-hydrogen) atoms. The number of aliphatic hydroxyl groups is 1. The lowest BCUT2D eigenvalue weighted by atomic mass is 10.1. The fraction of sp³-hybridized carbons (Fsp3) is 0.292. The summed E-state index contributed by atoms with van der Waals surface area (Å²) >= 11 is 0. The molecule has 1 saturated heterocycles. The van der Waals surface area contributed by atoms with Gasteiger partial charge in [-0.2, -0.15) is 13.2 Å². The van der Waals surface area contributed by atoms with Crippen molar-refractivity contribution in [2.75, 3.05) is 32.8 Å². The first-order valence-corrected chi connectivity index (χ1v) is 11.7. The van der Waals surface area contributed by atoms with Gasteiger partial charge in [0.15, 0.2) is 5.69 Å². The maximum atomic E-state index is 13.3. The van der Waals surface area contributed by atoms with Crippen LogP contribution in [0.25, 0.3) is 16.9 Å². The molecule has 4 aromatic rings. The highest BCUT2D eigenvalue weighted by atomic mass is 19.4. The SMILES string of the molecule is O=C(CCO)N1CCN(C(=O)c2ccc(Oc3nccn4c(-c5conc5C(F)(F)F)cnc34)cc2O)CC1. The number of benzene rings is 1. The quantitative estimate of drug-likeness (QED) is 0.373. The van der Waals surface area contributed by atoms with Crippen LogP contribution in [0.5, 0.6) is 17.4 Å². The number of hydrogen-bond acceptors (Lipinski definition) is 9. The Hall–Kier alpha value is -4.66. The van der Waals surface area contributed by atoms with E-state index in [1.165, 1.54) is 46.1 Å². The average Bonchev–Trinajstić information content (AvgIpc) is 3.56. The van der Waals surface area contributed by atoms with Crippen LogP contribution in [0.3, 0.4) is 0 Å². The number of hydrogen-bond donors (Lipinski definition) is 2. The number of halogens is 3. The third-order valence-corrected chi connectivity index (χ3v) is 6.17. The summed E-state index contributed by atoms with van der Waals surface area (Å²) in [6.45, 7) is 0.919. The van der Waals surface area contributed by atoms with Crippen molar-refractivity contribution >= 4 is 17.5 Å². The number of ether oxygens (including phenoxy) is 1. The molecule has 2 N–H and O–H groups in total. The fourth-order valence-electron chi connectivity index (χ4n) is 4.24. The van der Waals surface area contributed by atoms with Gasteiger partial charge in [0.1, 0.15) is 17.8 Å². The number of alkyl halides is 3. The normalized spacial score (nSPS) is 14.2. The molecule has 2 amide bonds. The summed E-state index contributed by atoms with van der Waals surface area (Å²) in [6.07, 6.45) is 0.0509. The number of rotatable bonds is 6. The molecule has 5 rings (SSSR count). The first-order valence-electron chi connectivity index (χ1n) is 11.7. The van der Waals surface area contributed by atoms with Crippen molar-refractivity contribution in [1.29, 1.82) is 0 Å². The van der Waals surface area contributed by atoms with E-state index < -0.39 is 17.8 Å². The molecule has 0 bridgehead atoms. The first kappa shape index (κ1) is 26.0. The number of carbonyl (C=O) groups excluding carboxylic acids is 2. The molecule has 0 spiro atoms. The van der Waals surface area contributed by atoms with Crippen molar-refractivity contribution in [1.82, 2.24) is 29.3 Å². The van der Waals surface area contributed by atoms with Crippen molar-refractivity contribution in [3.63, 3.8) is 0 Å². The number of nitrogens with zero attached hydrogens (tertiary/aromatic N) is 6. The highest BCUT2D eigenvalue weighted by Gasteiger charge is 2.38. The number of phenols is 1. The van der Waals surface area contributed by atoms with Crippen LogP contribution >= 0.6 is 0 Å². The molecule has 0 atom stereocenters. The third-order valence-electron chi connectivity index (χ3n) is 6.17. The van der Waals surface area contributed by atoms with Crippen LogP contribution in [0.15, 0.2) is 47.6 Å². The van der Waals surface area contributed by atoms with Crippen LogP contribution in [0.1, 0.15) is 22.5 Å². The Morgan fingerprint density at radius 1 is 1.10 bits per heavy atom. The number of piperazine rings is 1. The number of aromatic nitrogens is 4. The predicted molar refractivity (Wildman–Crippen MR) is 126 cm³/mol. The van der Waals surface area contributed by atoms with Gasteiger partial charge in [-0.05, 0) is 12.1 Å². The van der Waals surface area contributed by atoms with Crippen molar-refractivity contribution in [2.45, 2.75) is 12.6 Å². The Morgan fingerprint density at radius 2 is 1.85 bits per heavy atom. The zero-order chi connectivity index (χ0) is 27.7. The molecule has 204 valence electrons. The van der Waals surface area contributed by atoms with Crippen molar-refractivity contribution in [3.8, 4) is 28.6 Å². The van der Waals surface area contributed by atoms with Crippen molar-refractivity contribution in [2.24, 2.45) is 0 Å². The fourth-order valence-corrected chi connectivity index (χ4v) is 4.24. The lowest BCUT2D eigenvalue weighted by molar-refractivity contribution is -0.142. The Kier molecular flexibility index (Phi) is 6.82. The molecule has 0 aliphatic carbocycles. The molecule has 3 aromatic heterocycles. The van der Waals surface area contributed by atoms with Gasteiger partial charge in [-0.25, -0.2) is 9.97 Å². The molecule has 1 fully saturated rings. The maximum absolute atomic E-state index is 13.3.